The molecule has 1 heterocycles. The summed E-state index contributed by atoms with van der Waals surface area (Å²) in [5.41, 5.74) is 3.26. The summed E-state index contributed by atoms with van der Waals surface area (Å²) in [6, 6.07) is 0. The monoisotopic (exact) mass is 157 g/mol. The summed E-state index contributed by atoms with van der Waals surface area (Å²) in [6.07, 6.45) is 2.78. The summed E-state index contributed by atoms with van der Waals surface area (Å²) >= 11 is 0. The molecular formula is C8H19N3. The van der Waals surface area contributed by atoms with Crippen molar-refractivity contribution in [3.05, 3.63) is 0 Å². The van der Waals surface area contributed by atoms with E-state index in [0.29, 0.717) is 0 Å². The molecule has 0 aliphatic carbocycles. The number of rotatable bonds is 4. The number of nitrogens with zero attached hydrogens (tertiary/aromatic N) is 2. The van der Waals surface area contributed by atoms with Crippen LogP contribution in [0.5, 0.6) is 0 Å². The molecule has 0 radical (unpaired) electrons. The van der Waals surface area contributed by atoms with Crippen molar-refractivity contribution in [3.8, 4) is 0 Å². The van der Waals surface area contributed by atoms with E-state index in [4.69, 9.17) is 0 Å². The zero-order valence-corrected chi connectivity index (χ0v) is 7.64. The van der Waals surface area contributed by atoms with Gasteiger partial charge in [-0.1, -0.05) is 0 Å². The van der Waals surface area contributed by atoms with Crippen molar-refractivity contribution in [2.75, 3.05) is 40.3 Å². The minimum absolute atomic E-state index is 1.08. The van der Waals surface area contributed by atoms with Gasteiger partial charge in [0.15, 0.2) is 0 Å². The van der Waals surface area contributed by atoms with E-state index >= 15 is 0 Å². The van der Waals surface area contributed by atoms with E-state index in [0.717, 1.165) is 6.54 Å². The van der Waals surface area contributed by atoms with Gasteiger partial charge < -0.3 is 4.90 Å². The summed E-state index contributed by atoms with van der Waals surface area (Å²) in [6.45, 7) is 4.87. The molecule has 1 fully saturated rings. The molecule has 1 N–H and O–H groups in total. The Hall–Kier alpha value is -0.120. The van der Waals surface area contributed by atoms with Gasteiger partial charge in [0, 0.05) is 27.2 Å². The van der Waals surface area contributed by atoms with Gasteiger partial charge in [0.2, 0.25) is 0 Å². The van der Waals surface area contributed by atoms with Gasteiger partial charge in [0.05, 0.1) is 0 Å². The molecule has 1 aliphatic rings. The van der Waals surface area contributed by atoms with Crippen LogP contribution in [0.2, 0.25) is 0 Å². The van der Waals surface area contributed by atoms with Crippen LogP contribution in [-0.4, -0.2) is 50.2 Å². The molecule has 0 aromatic rings. The lowest BCUT2D eigenvalue weighted by atomic mass is 10.4. The third-order valence-electron chi connectivity index (χ3n) is 2.05. The predicted molar refractivity (Wildman–Crippen MR) is 47.4 cm³/mol. The molecule has 0 spiro atoms. The minimum atomic E-state index is 1.08. The predicted octanol–water partition coefficient (Wildman–Crippen LogP) is 0.148. The Kier molecular flexibility index (Phi) is 3.83. The fraction of sp³-hybridized carbons (Fsp3) is 1.00. The number of likely N-dealkylation sites (tertiary alicyclic amines) is 1. The zero-order chi connectivity index (χ0) is 8.10. The summed E-state index contributed by atoms with van der Waals surface area (Å²) in [4.78, 5) is 2.51. The van der Waals surface area contributed by atoms with Crippen LogP contribution in [0.4, 0.5) is 0 Å². The van der Waals surface area contributed by atoms with Crippen LogP contribution in [-0.2, 0) is 0 Å². The highest BCUT2D eigenvalue weighted by atomic mass is 15.5. The maximum Gasteiger partial charge on any atom is 0.0230 e. The van der Waals surface area contributed by atoms with E-state index in [-0.39, 0.29) is 0 Å². The molecular weight excluding hydrogens is 138 g/mol. The lowest BCUT2D eigenvalue weighted by molar-refractivity contribution is 0.252. The molecule has 0 amide bonds. The van der Waals surface area contributed by atoms with Crippen LogP contribution in [0.1, 0.15) is 12.8 Å². The fourth-order valence-corrected chi connectivity index (χ4v) is 1.44. The lowest BCUT2D eigenvalue weighted by Gasteiger charge is -2.17. The van der Waals surface area contributed by atoms with Gasteiger partial charge in [0.1, 0.15) is 0 Å². The third-order valence-corrected chi connectivity index (χ3v) is 2.05. The summed E-state index contributed by atoms with van der Waals surface area (Å²) < 4.78 is 0. The summed E-state index contributed by atoms with van der Waals surface area (Å²) in [5, 5.41) is 2.01. The molecule has 0 bridgehead atoms. The van der Waals surface area contributed by atoms with E-state index in [1.165, 1.54) is 32.5 Å². The molecule has 1 saturated heterocycles. The highest BCUT2D eigenvalue weighted by Crippen LogP contribution is 2.05. The van der Waals surface area contributed by atoms with E-state index in [1.54, 1.807) is 0 Å². The normalized spacial score (nSPS) is 19.9. The molecule has 0 saturated carbocycles. The molecule has 0 unspecified atom stereocenters. The maximum atomic E-state index is 3.26. The number of hydrogen-bond donors (Lipinski definition) is 1. The van der Waals surface area contributed by atoms with Gasteiger partial charge in [-0.2, -0.15) is 0 Å². The van der Waals surface area contributed by atoms with Crippen LogP contribution in [0, 0.1) is 0 Å². The first kappa shape index (κ1) is 8.97. The Morgan fingerprint density at radius 1 is 1.27 bits per heavy atom. The second kappa shape index (κ2) is 4.70. The van der Waals surface area contributed by atoms with Gasteiger partial charge in [-0.15, -0.1) is 0 Å². The third kappa shape index (κ3) is 3.70. The van der Waals surface area contributed by atoms with E-state index in [9.17, 15) is 0 Å². The largest absolute Gasteiger partial charge is 0.302 e. The smallest absolute Gasteiger partial charge is 0.0230 e. The van der Waals surface area contributed by atoms with Crippen molar-refractivity contribution >= 4 is 0 Å². The minimum Gasteiger partial charge on any atom is -0.302 e. The van der Waals surface area contributed by atoms with Crippen LogP contribution in [0.15, 0.2) is 0 Å². The first-order valence-electron chi connectivity index (χ1n) is 4.42. The van der Waals surface area contributed by atoms with Crippen molar-refractivity contribution in [2.45, 2.75) is 12.8 Å². The highest BCUT2D eigenvalue weighted by Gasteiger charge is 2.09. The highest BCUT2D eigenvalue weighted by molar-refractivity contribution is 4.65. The number of hydrogen-bond acceptors (Lipinski definition) is 3. The van der Waals surface area contributed by atoms with Crippen molar-refractivity contribution in [1.82, 2.24) is 15.3 Å². The topological polar surface area (TPSA) is 18.5 Å². The Labute approximate surface area is 69.3 Å². The van der Waals surface area contributed by atoms with Gasteiger partial charge in [-0.25, -0.2) is 0 Å². The first-order valence-corrected chi connectivity index (χ1v) is 4.42. The number of hydrazine groups is 1. The van der Waals surface area contributed by atoms with Crippen molar-refractivity contribution in [1.29, 1.82) is 0 Å². The average molecular weight is 157 g/mol. The molecule has 3 heteroatoms. The molecule has 0 aromatic heterocycles. The quantitative estimate of drug-likeness (QED) is 0.586. The number of nitrogens with one attached hydrogen (secondary N) is 1. The zero-order valence-electron chi connectivity index (χ0n) is 7.64. The second-order valence-corrected chi connectivity index (χ2v) is 3.35. The Morgan fingerprint density at radius 2 is 1.91 bits per heavy atom. The van der Waals surface area contributed by atoms with Gasteiger partial charge in [0.25, 0.3) is 0 Å². The molecule has 66 valence electrons. The fourth-order valence-electron chi connectivity index (χ4n) is 1.44. The molecule has 0 atom stereocenters. The van der Waals surface area contributed by atoms with Gasteiger partial charge in [-0.3, -0.25) is 10.4 Å². The Bertz CT molecular complexity index is 97.5. The van der Waals surface area contributed by atoms with Crippen molar-refractivity contribution < 1.29 is 0 Å². The standard InChI is InChI=1S/C8H19N3/c1-10(2)9-5-8-11-6-3-4-7-11/h9H,3-8H2,1-2H3. The van der Waals surface area contributed by atoms with E-state index in [1.807, 2.05) is 19.1 Å². The van der Waals surface area contributed by atoms with Crippen LogP contribution >= 0.6 is 0 Å². The molecule has 11 heavy (non-hydrogen) atoms. The average Bonchev–Trinajstić information content (AvgIpc) is 2.39. The van der Waals surface area contributed by atoms with Crippen molar-refractivity contribution in [2.24, 2.45) is 0 Å². The van der Waals surface area contributed by atoms with Crippen LogP contribution < -0.4 is 5.43 Å². The molecule has 1 rings (SSSR count). The van der Waals surface area contributed by atoms with E-state index in [2.05, 4.69) is 10.3 Å². The maximum absolute atomic E-state index is 3.26. The summed E-state index contributed by atoms with van der Waals surface area (Å²) in [5.74, 6) is 0. The van der Waals surface area contributed by atoms with Crippen LogP contribution in [0.25, 0.3) is 0 Å². The first-order chi connectivity index (χ1) is 5.29. The Balaban J connectivity index is 1.94. The van der Waals surface area contributed by atoms with Crippen LogP contribution in [0.3, 0.4) is 0 Å². The summed E-state index contributed by atoms with van der Waals surface area (Å²) in [7, 11) is 4.06. The SMILES string of the molecule is CN(C)NCCN1CCCC1. The van der Waals surface area contributed by atoms with Crippen molar-refractivity contribution in [3.63, 3.8) is 0 Å². The molecule has 3 nitrogen and oxygen atoms in total. The second-order valence-electron chi connectivity index (χ2n) is 3.35. The molecule has 0 aromatic carbocycles. The van der Waals surface area contributed by atoms with E-state index < -0.39 is 0 Å². The lowest BCUT2D eigenvalue weighted by Crippen LogP contribution is -2.37. The Morgan fingerprint density at radius 3 is 2.45 bits per heavy atom. The molecule has 1 aliphatic heterocycles. The van der Waals surface area contributed by atoms with Gasteiger partial charge in [-0.05, 0) is 25.9 Å². The van der Waals surface area contributed by atoms with Gasteiger partial charge >= 0.3 is 0 Å².